The molecule has 0 saturated heterocycles. The molecule has 1 aliphatic rings. The van der Waals surface area contributed by atoms with Crippen LogP contribution in [-0.4, -0.2) is 48.7 Å². The summed E-state index contributed by atoms with van der Waals surface area (Å²) in [7, 11) is 0. The summed E-state index contributed by atoms with van der Waals surface area (Å²) in [6.45, 7) is 3.68. The lowest BCUT2D eigenvalue weighted by atomic mass is 9.94. The molecule has 0 fully saturated rings. The number of anilines is 1. The fourth-order valence-corrected chi connectivity index (χ4v) is 5.86. The summed E-state index contributed by atoms with van der Waals surface area (Å²) in [5.74, 6) is 0.625. The largest absolute Gasteiger partial charge is 0.507 e. The Morgan fingerprint density at radius 3 is 2.85 bits per heavy atom. The first-order valence-corrected chi connectivity index (χ1v) is 13.8. The van der Waals surface area contributed by atoms with Crippen LogP contribution in [0, 0.1) is 5.41 Å². The number of carbonyl (C=O) groups is 1. The minimum atomic E-state index is -0.178. The van der Waals surface area contributed by atoms with Crippen LogP contribution >= 0.6 is 0 Å². The number of hydrogen-bond acceptors (Lipinski definition) is 6. The van der Waals surface area contributed by atoms with E-state index in [4.69, 9.17) is 10.1 Å². The highest BCUT2D eigenvalue weighted by Crippen LogP contribution is 2.46. The van der Waals surface area contributed by atoms with Gasteiger partial charge in [-0.3, -0.25) is 10.2 Å². The molecular weight excluding hydrogens is 518 g/mol. The average Bonchev–Trinajstić information content (AvgIpc) is 3.72. The maximum Gasteiger partial charge on any atom is 0.274 e. The van der Waals surface area contributed by atoms with Crippen LogP contribution in [0.15, 0.2) is 67.3 Å². The van der Waals surface area contributed by atoms with Gasteiger partial charge in [0, 0.05) is 41.4 Å². The summed E-state index contributed by atoms with van der Waals surface area (Å²) in [5.41, 5.74) is 4.31. The minimum Gasteiger partial charge on any atom is -0.507 e. The fourth-order valence-electron chi connectivity index (χ4n) is 5.86. The number of nitrogens with zero attached hydrogens (tertiary/aromatic N) is 4. The molecule has 0 aliphatic carbocycles. The van der Waals surface area contributed by atoms with Crippen LogP contribution in [0.3, 0.4) is 0 Å². The number of amides is 1. The van der Waals surface area contributed by atoms with Gasteiger partial charge in [0.2, 0.25) is 0 Å². The van der Waals surface area contributed by atoms with Gasteiger partial charge < -0.3 is 29.3 Å². The van der Waals surface area contributed by atoms with Crippen molar-refractivity contribution in [2.75, 3.05) is 18.1 Å². The van der Waals surface area contributed by atoms with Crippen LogP contribution in [0.4, 0.5) is 5.69 Å². The molecule has 1 aliphatic heterocycles. The average molecular weight is 548 g/mol. The topological polar surface area (TPSA) is 136 Å². The number of rotatable bonds is 7. The number of aromatic amines is 2. The molecule has 3 aromatic heterocycles. The van der Waals surface area contributed by atoms with E-state index in [0.29, 0.717) is 42.2 Å². The number of fused-ring (bicyclic) bond motifs is 5. The van der Waals surface area contributed by atoms with E-state index in [1.165, 1.54) is 0 Å². The molecule has 206 valence electrons. The normalized spacial score (nSPS) is 14.8. The Bertz CT molecular complexity index is 2000. The lowest BCUT2D eigenvalue weighted by Crippen LogP contribution is -2.31. The highest BCUT2D eigenvalue weighted by molar-refractivity contribution is 6.11. The molecule has 6 aromatic rings. The SMILES string of the molecule is CCCCOc1ccc2[nH]c(C(=O)N3C[C@@H](Cn4cnc(=N)c5[nH]cnc54)c4c3cc(O)c3ccccc43)cc2c1. The van der Waals surface area contributed by atoms with Crippen molar-refractivity contribution in [2.45, 2.75) is 32.2 Å². The van der Waals surface area contributed by atoms with E-state index in [2.05, 4.69) is 26.9 Å². The number of H-pyrrole nitrogens is 2. The predicted octanol–water partition coefficient (Wildman–Crippen LogP) is 5.20. The number of ether oxygens (including phenoxy) is 1. The highest BCUT2D eigenvalue weighted by atomic mass is 16.5. The second-order valence-corrected chi connectivity index (χ2v) is 10.5. The maximum atomic E-state index is 14.1. The van der Waals surface area contributed by atoms with E-state index in [-0.39, 0.29) is 23.1 Å². The van der Waals surface area contributed by atoms with Crippen molar-refractivity contribution in [3.8, 4) is 11.5 Å². The Balaban J connectivity index is 1.28. The Labute approximate surface area is 234 Å². The van der Waals surface area contributed by atoms with Crippen LogP contribution in [0.2, 0.25) is 0 Å². The van der Waals surface area contributed by atoms with Gasteiger partial charge in [-0.1, -0.05) is 37.6 Å². The van der Waals surface area contributed by atoms with Gasteiger partial charge in [-0.15, -0.1) is 0 Å². The number of aromatic nitrogens is 5. The van der Waals surface area contributed by atoms with E-state index in [1.807, 2.05) is 53.1 Å². The van der Waals surface area contributed by atoms with Crippen molar-refractivity contribution >= 4 is 44.4 Å². The third-order valence-corrected chi connectivity index (χ3v) is 7.85. The summed E-state index contributed by atoms with van der Waals surface area (Å²) >= 11 is 0. The molecule has 4 heterocycles. The Morgan fingerprint density at radius 1 is 1.15 bits per heavy atom. The van der Waals surface area contributed by atoms with Crippen LogP contribution < -0.4 is 15.1 Å². The third kappa shape index (κ3) is 4.19. The van der Waals surface area contributed by atoms with Gasteiger partial charge in [0.05, 0.1) is 24.9 Å². The highest BCUT2D eigenvalue weighted by Gasteiger charge is 2.36. The van der Waals surface area contributed by atoms with E-state index < -0.39 is 0 Å². The molecule has 0 radical (unpaired) electrons. The maximum absolute atomic E-state index is 14.1. The zero-order valence-corrected chi connectivity index (χ0v) is 22.5. The minimum absolute atomic E-state index is 0.106. The molecule has 1 amide bonds. The number of benzene rings is 3. The molecule has 4 N–H and O–H groups in total. The summed E-state index contributed by atoms with van der Waals surface area (Å²) < 4.78 is 7.78. The lowest BCUT2D eigenvalue weighted by Gasteiger charge is -2.18. The van der Waals surface area contributed by atoms with Crippen LogP contribution in [0.25, 0.3) is 32.8 Å². The molecule has 0 spiro atoms. The van der Waals surface area contributed by atoms with Crippen molar-refractivity contribution < 1.29 is 14.6 Å². The monoisotopic (exact) mass is 547 g/mol. The summed E-state index contributed by atoms with van der Waals surface area (Å²) in [6, 6.07) is 17.1. The molecular formula is C31H29N7O3. The van der Waals surface area contributed by atoms with Crippen molar-refractivity contribution in [3.63, 3.8) is 0 Å². The Kier molecular flexibility index (Phi) is 5.96. The van der Waals surface area contributed by atoms with Gasteiger partial charge in [-0.05, 0) is 41.6 Å². The van der Waals surface area contributed by atoms with E-state index in [0.717, 1.165) is 45.8 Å². The molecule has 10 heteroatoms. The molecule has 3 aromatic carbocycles. The Morgan fingerprint density at radius 2 is 2.00 bits per heavy atom. The number of unbranched alkanes of at least 4 members (excludes halogenated alkanes) is 1. The number of hydrogen-bond donors (Lipinski definition) is 4. The zero-order chi connectivity index (χ0) is 28.1. The van der Waals surface area contributed by atoms with Gasteiger partial charge in [0.1, 0.15) is 22.7 Å². The molecule has 7 rings (SSSR count). The first-order valence-electron chi connectivity index (χ1n) is 13.8. The van der Waals surface area contributed by atoms with Crippen molar-refractivity contribution in [3.05, 3.63) is 84.0 Å². The van der Waals surface area contributed by atoms with E-state index >= 15 is 0 Å². The van der Waals surface area contributed by atoms with Gasteiger partial charge in [-0.2, -0.15) is 0 Å². The van der Waals surface area contributed by atoms with Gasteiger partial charge in [-0.25, -0.2) is 9.97 Å². The summed E-state index contributed by atoms with van der Waals surface area (Å²) in [5, 5.41) is 21.6. The van der Waals surface area contributed by atoms with Crippen molar-refractivity contribution in [1.29, 1.82) is 5.41 Å². The van der Waals surface area contributed by atoms with Crippen LogP contribution in [0.5, 0.6) is 11.5 Å². The smallest absolute Gasteiger partial charge is 0.274 e. The standard InChI is InChI=1S/C31H29N7O3/c1-2-3-10-41-20-8-9-23-18(11-20)12-24(36-23)31(40)38-15-19(14-37-17-35-29(32)28-30(37)34-16-33-28)27-22-7-5-4-6-21(22)26(39)13-25(27)38/h4-9,11-13,16-17,19,32,36,39H,2-3,10,14-15H2,1H3,(H,33,34)/t19-/m1/s1. The quantitative estimate of drug-likeness (QED) is 0.204. The number of carbonyl (C=O) groups excluding carboxylic acids is 1. The lowest BCUT2D eigenvalue weighted by molar-refractivity contribution is 0.0984. The number of aromatic hydroxyl groups is 1. The second-order valence-electron chi connectivity index (χ2n) is 10.5. The number of phenolic OH excluding ortho intramolecular Hbond substituents is 1. The molecule has 0 saturated carbocycles. The second kappa shape index (κ2) is 9.81. The van der Waals surface area contributed by atoms with Crippen molar-refractivity contribution in [2.24, 2.45) is 0 Å². The number of phenols is 1. The fraction of sp³-hybridized carbons (Fsp3) is 0.226. The van der Waals surface area contributed by atoms with Gasteiger partial charge in [0.15, 0.2) is 11.1 Å². The first-order chi connectivity index (χ1) is 20.0. The number of imidazole rings is 1. The molecule has 41 heavy (non-hydrogen) atoms. The Hall–Kier alpha value is -5.12. The van der Waals surface area contributed by atoms with Crippen LogP contribution in [0.1, 0.15) is 41.7 Å². The first kappa shape index (κ1) is 24.9. The molecule has 10 nitrogen and oxygen atoms in total. The summed E-state index contributed by atoms with van der Waals surface area (Å²) in [6.07, 6.45) is 5.23. The summed E-state index contributed by atoms with van der Waals surface area (Å²) in [4.78, 5) is 30.7. The van der Waals surface area contributed by atoms with Crippen LogP contribution in [-0.2, 0) is 6.54 Å². The molecule has 0 unspecified atom stereocenters. The number of nitrogens with one attached hydrogen (secondary N) is 3. The predicted molar refractivity (Wildman–Crippen MR) is 156 cm³/mol. The van der Waals surface area contributed by atoms with Crippen molar-refractivity contribution in [1.82, 2.24) is 24.5 Å². The van der Waals surface area contributed by atoms with E-state index in [9.17, 15) is 9.90 Å². The third-order valence-electron chi connectivity index (χ3n) is 7.85. The molecule has 0 bridgehead atoms. The van der Waals surface area contributed by atoms with Gasteiger partial charge in [0.25, 0.3) is 5.91 Å². The molecule has 1 atom stereocenters. The van der Waals surface area contributed by atoms with Gasteiger partial charge >= 0.3 is 0 Å². The zero-order valence-electron chi connectivity index (χ0n) is 22.5. The van der Waals surface area contributed by atoms with E-state index in [1.54, 1.807) is 23.6 Å².